The Hall–Kier alpha value is -1.51. The smallest absolute Gasteiger partial charge is 0.307 e. The number of fused-ring (bicyclic) bond motifs is 1. The second kappa shape index (κ2) is 4.78. The highest BCUT2D eigenvalue weighted by molar-refractivity contribution is 5.71. The van der Waals surface area contributed by atoms with E-state index in [0.29, 0.717) is 6.04 Å². The summed E-state index contributed by atoms with van der Waals surface area (Å²) < 4.78 is 0. The third-order valence-electron chi connectivity index (χ3n) is 3.28. The molecule has 3 nitrogen and oxygen atoms in total. The fourth-order valence-corrected chi connectivity index (χ4v) is 2.47. The minimum atomic E-state index is -0.767. The summed E-state index contributed by atoms with van der Waals surface area (Å²) in [7, 11) is 0. The van der Waals surface area contributed by atoms with Crippen LogP contribution in [0.4, 0.5) is 5.69 Å². The Bertz CT molecular complexity index is 426. The number of nitrogens with zero attached hydrogens (tertiary/aromatic N) is 1. The Kier molecular flexibility index (Phi) is 3.36. The van der Waals surface area contributed by atoms with E-state index in [-0.39, 0.29) is 6.42 Å². The fourth-order valence-electron chi connectivity index (χ4n) is 2.47. The zero-order chi connectivity index (χ0) is 12.4. The first kappa shape index (κ1) is 12.0. The molecule has 0 fully saturated rings. The van der Waals surface area contributed by atoms with Gasteiger partial charge in [-0.1, -0.05) is 12.1 Å². The zero-order valence-corrected chi connectivity index (χ0v) is 10.4. The molecule has 1 heterocycles. The van der Waals surface area contributed by atoms with Gasteiger partial charge in [0.15, 0.2) is 0 Å². The standard InChI is InChI=1S/C14H19NO2/c1-10(2)15-7-3-4-12-6-5-11(8-13(12)15)9-14(16)17/h5-6,8,10H,3-4,7,9H2,1-2H3,(H,16,17). The molecule has 92 valence electrons. The quantitative estimate of drug-likeness (QED) is 0.872. The van der Waals surface area contributed by atoms with Crippen LogP contribution in [0.3, 0.4) is 0 Å². The van der Waals surface area contributed by atoms with Crippen LogP contribution in [0.25, 0.3) is 0 Å². The van der Waals surface area contributed by atoms with Gasteiger partial charge in [0.25, 0.3) is 0 Å². The normalized spacial score (nSPS) is 14.9. The maximum atomic E-state index is 10.7. The number of anilines is 1. The van der Waals surface area contributed by atoms with E-state index in [1.807, 2.05) is 12.1 Å². The molecule has 1 aromatic carbocycles. The van der Waals surface area contributed by atoms with Gasteiger partial charge < -0.3 is 10.0 Å². The Morgan fingerprint density at radius 2 is 2.24 bits per heavy atom. The van der Waals surface area contributed by atoms with Gasteiger partial charge in [0.1, 0.15) is 0 Å². The van der Waals surface area contributed by atoms with E-state index in [4.69, 9.17) is 5.11 Å². The summed E-state index contributed by atoms with van der Waals surface area (Å²) in [5.41, 5.74) is 3.47. The summed E-state index contributed by atoms with van der Waals surface area (Å²) in [6.45, 7) is 5.43. The van der Waals surface area contributed by atoms with Crippen LogP contribution in [-0.2, 0) is 17.6 Å². The van der Waals surface area contributed by atoms with Gasteiger partial charge >= 0.3 is 5.97 Å². The molecule has 0 saturated heterocycles. The summed E-state index contributed by atoms with van der Waals surface area (Å²) in [5, 5.41) is 8.83. The average Bonchev–Trinajstić information content (AvgIpc) is 2.27. The molecule has 17 heavy (non-hydrogen) atoms. The van der Waals surface area contributed by atoms with Crippen LogP contribution in [0.15, 0.2) is 18.2 Å². The van der Waals surface area contributed by atoms with Crippen LogP contribution in [0.2, 0.25) is 0 Å². The summed E-state index contributed by atoms with van der Waals surface area (Å²) in [6, 6.07) is 6.54. The van der Waals surface area contributed by atoms with E-state index in [9.17, 15) is 4.79 Å². The van der Waals surface area contributed by atoms with Crippen molar-refractivity contribution in [3.8, 4) is 0 Å². The minimum Gasteiger partial charge on any atom is -0.481 e. The van der Waals surface area contributed by atoms with E-state index < -0.39 is 5.97 Å². The van der Waals surface area contributed by atoms with E-state index in [1.165, 1.54) is 17.7 Å². The average molecular weight is 233 g/mol. The summed E-state index contributed by atoms with van der Waals surface area (Å²) >= 11 is 0. The number of aliphatic carboxylic acids is 1. The van der Waals surface area contributed by atoms with E-state index >= 15 is 0 Å². The monoisotopic (exact) mass is 233 g/mol. The molecule has 0 aromatic heterocycles. The third kappa shape index (κ3) is 2.60. The number of benzene rings is 1. The molecule has 0 aliphatic carbocycles. The number of aryl methyl sites for hydroxylation is 1. The molecule has 0 bridgehead atoms. The lowest BCUT2D eigenvalue weighted by Gasteiger charge is -2.35. The van der Waals surface area contributed by atoms with Gasteiger partial charge in [-0.05, 0) is 43.9 Å². The molecule has 1 aromatic rings. The number of carboxylic acids is 1. The van der Waals surface area contributed by atoms with Crippen molar-refractivity contribution in [3.05, 3.63) is 29.3 Å². The minimum absolute atomic E-state index is 0.110. The third-order valence-corrected chi connectivity index (χ3v) is 3.28. The molecule has 0 spiro atoms. The van der Waals surface area contributed by atoms with Crippen molar-refractivity contribution >= 4 is 11.7 Å². The predicted octanol–water partition coefficient (Wildman–Crippen LogP) is 2.47. The van der Waals surface area contributed by atoms with Crippen LogP contribution in [0.1, 0.15) is 31.4 Å². The Morgan fingerprint density at radius 1 is 1.47 bits per heavy atom. The van der Waals surface area contributed by atoms with Crippen LogP contribution in [0.5, 0.6) is 0 Å². The van der Waals surface area contributed by atoms with Crippen LogP contribution in [0, 0.1) is 0 Å². The molecule has 0 atom stereocenters. The first-order valence-corrected chi connectivity index (χ1v) is 6.18. The van der Waals surface area contributed by atoms with E-state index in [0.717, 1.165) is 18.5 Å². The van der Waals surface area contributed by atoms with Gasteiger partial charge in [-0.2, -0.15) is 0 Å². The summed E-state index contributed by atoms with van der Waals surface area (Å²) in [6.07, 6.45) is 2.40. The van der Waals surface area contributed by atoms with Gasteiger partial charge in [-0.25, -0.2) is 0 Å². The summed E-state index contributed by atoms with van der Waals surface area (Å²) in [5.74, 6) is -0.767. The largest absolute Gasteiger partial charge is 0.481 e. The van der Waals surface area contributed by atoms with Gasteiger partial charge in [0, 0.05) is 18.3 Å². The van der Waals surface area contributed by atoms with E-state index in [1.54, 1.807) is 0 Å². The van der Waals surface area contributed by atoms with Gasteiger partial charge in [0.05, 0.1) is 6.42 Å². The highest BCUT2D eigenvalue weighted by Crippen LogP contribution is 2.29. The zero-order valence-electron chi connectivity index (χ0n) is 10.4. The van der Waals surface area contributed by atoms with Crippen molar-refractivity contribution in [3.63, 3.8) is 0 Å². The highest BCUT2D eigenvalue weighted by atomic mass is 16.4. The lowest BCUT2D eigenvalue weighted by Crippen LogP contribution is -2.35. The maximum absolute atomic E-state index is 10.7. The SMILES string of the molecule is CC(C)N1CCCc2ccc(CC(=O)O)cc21. The predicted molar refractivity (Wildman–Crippen MR) is 68.6 cm³/mol. The molecule has 1 aliphatic rings. The van der Waals surface area contributed by atoms with Crippen LogP contribution < -0.4 is 4.90 Å². The van der Waals surface area contributed by atoms with Crippen molar-refractivity contribution in [2.24, 2.45) is 0 Å². The van der Waals surface area contributed by atoms with Crippen molar-refractivity contribution in [2.45, 2.75) is 39.2 Å². The topological polar surface area (TPSA) is 40.5 Å². The van der Waals surface area contributed by atoms with Crippen molar-refractivity contribution < 1.29 is 9.90 Å². The lowest BCUT2D eigenvalue weighted by atomic mass is 9.97. The molecular formula is C14H19NO2. The molecule has 2 rings (SSSR count). The molecule has 0 saturated carbocycles. The molecule has 1 aliphatic heterocycles. The Morgan fingerprint density at radius 3 is 2.88 bits per heavy atom. The van der Waals surface area contributed by atoms with Gasteiger partial charge in [-0.15, -0.1) is 0 Å². The van der Waals surface area contributed by atoms with Crippen LogP contribution >= 0.6 is 0 Å². The number of hydrogen-bond acceptors (Lipinski definition) is 2. The number of hydrogen-bond donors (Lipinski definition) is 1. The Labute approximate surface area is 102 Å². The number of rotatable bonds is 3. The molecular weight excluding hydrogens is 214 g/mol. The molecule has 3 heteroatoms. The lowest BCUT2D eigenvalue weighted by molar-refractivity contribution is -0.136. The summed E-state index contributed by atoms with van der Waals surface area (Å²) in [4.78, 5) is 13.1. The first-order chi connectivity index (χ1) is 8.08. The second-order valence-corrected chi connectivity index (χ2v) is 4.92. The maximum Gasteiger partial charge on any atom is 0.307 e. The van der Waals surface area contributed by atoms with Crippen molar-refractivity contribution in [1.82, 2.24) is 0 Å². The molecule has 0 radical (unpaired) electrons. The number of carbonyl (C=O) groups is 1. The highest BCUT2D eigenvalue weighted by Gasteiger charge is 2.19. The second-order valence-electron chi connectivity index (χ2n) is 4.92. The van der Waals surface area contributed by atoms with Crippen molar-refractivity contribution in [2.75, 3.05) is 11.4 Å². The molecule has 0 unspecified atom stereocenters. The molecule has 1 N–H and O–H groups in total. The van der Waals surface area contributed by atoms with Crippen molar-refractivity contribution in [1.29, 1.82) is 0 Å². The van der Waals surface area contributed by atoms with E-state index in [2.05, 4.69) is 24.8 Å². The van der Waals surface area contributed by atoms with Gasteiger partial charge in [-0.3, -0.25) is 4.79 Å². The first-order valence-electron chi connectivity index (χ1n) is 6.18. The Balaban J connectivity index is 2.33. The van der Waals surface area contributed by atoms with Gasteiger partial charge in [0.2, 0.25) is 0 Å². The number of carboxylic acid groups (broad SMARTS) is 1. The molecule has 0 amide bonds. The van der Waals surface area contributed by atoms with Crippen LogP contribution in [-0.4, -0.2) is 23.7 Å². The fraction of sp³-hybridized carbons (Fsp3) is 0.500.